The van der Waals surface area contributed by atoms with Crippen LogP contribution in [-0.2, 0) is 6.42 Å². The van der Waals surface area contributed by atoms with Gasteiger partial charge in [-0.2, -0.15) is 0 Å². The highest BCUT2D eigenvalue weighted by atomic mass is 16.5. The molecule has 0 spiro atoms. The lowest BCUT2D eigenvalue weighted by Gasteiger charge is -2.29. The number of hydrogen-bond acceptors (Lipinski definition) is 3. The Morgan fingerprint density at radius 2 is 1.95 bits per heavy atom. The lowest BCUT2D eigenvalue weighted by atomic mass is 9.87. The van der Waals surface area contributed by atoms with Crippen LogP contribution in [0.1, 0.15) is 62.1 Å². The zero-order valence-corrected chi connectivity index (χ0v) is 13.0. The van der Waals surface area contributed by atoms with Crippen molar-refractivity contribution in [1.29, 1.82) is 0 Å². The SMILES string of the molecule is CNC1CCCc2c(OC3CCCCCC3O)cccc21. The number of hydrogen-bond donors (Lipinski definition) is 2. The van der Waals surface area contributed by atoms with Crippen LogP contribution in [0.3, 0.4) is 0 Å². The van der Waals surface area contributed by atoms with Gasteiger partial charge in [0.1, 0.15) is 11.9 Å². The Hall–Kier alpha value is -1.06. The second kappa shape index (κ2) is 6.80. The molecule has 2 aliphatic carbocycles. The number of aliphatic hydroxyl groups excluding tert-OH is 1. The summed E-state index contributed by atoms with van der Waals surface area (Å²) in [5.74, 6) is 0.999. The first kappa shape index (κ1) is 14.9. The predicted octanol–water partition coefficient (Wildman–Crippen LogP) is 3.36. The average Bonchev–Trinajstić information content (AvgIpc) is 2.72. The Labute approximate surface area is 127 Å². The van der Waals surface area contributed by atoms with E-state index in [1.54, 1.807) is 0 Å². The molecule has 1 aromatic rings. The highest BCUT2D eigenvalue weighted by molar-refractivity contribution is 5.43. The summed E-state index contributed by atoms with van der Waals surface area (Å²) in [5.41, 5.74) is 2.73. The second-order valence-corrected chi connectivity index (χ2v) is 6.42. The Bertz CT molecular complexity index is 474. The van der Waals surface area contributed by atoms with Crippen molar-refractivity contribution in [2.45, 2.75) is 69.6 Å². The highest BCUT2D eigenvalue weighted by Crippen LogP contribution is 2.36. The first-order chi connectivity index (χ1) is 10.3. The topological polar surface area (TPSA) is 41.5 Å². The Balaban J connectivity index is 1.82. The van der Waals surface area contributed by atoms with Crippen LogP contribution in [0.2, 0.25) is 0 Å². The zero-order chi connectivity index (χ0) is 14.7. The first-order valence-corrected chi connectivity index (χ1v) is 8.43. The summed E-state index contributed by atoms with van der Waals surface area (Å²) in [6.07, 6.45) is 8.48. The van der Waals surface area contributed by atoms with E-state index in [0.717, 1.165) is 37.9 Å². The van der Waals surface area contributed by atoms with Gasteiger partial charge in [-0.25, -0.2) is 0 Å². The minimum absolute atomic E-state index is 0.0334. The van der Waals surface area contributed by atoms with Gasteiger partial charge in [-0.1, -0.05) is 25.0 Å². The molecular weight excluding hydrogens is 262 g/mol. The number of ether oxygens (including phenoxy) is 1. The first-order valence-electron chi connectivity index (χ1n) is 8.43. The van der Waals surface area contributed by atoms with Gasteiger partial charge in [-0.3, -0.25) is 0 Å². The number of nitrogens with one attached hydrogen (secondary N) is 1. The molecule has 1 aromatic carbocycles. The second-order valence-electron chi connectivity index (χ2n) is 6.42. The van der Waals surface area contributed by atoms with Crippen LogP contribution in [-0.4, -0.2) is 24.4 Å². The third-order valence-electron chi connectivity index (χ3n) is 5.01. The zero-order valence-electron chi connectivity index (χ0n) is 13.0. The third-order valence-corrected chi connectivity index (χ3v) is 5.01. The molecule has 3 nitrogen and oxygen atoms in total. The molecule has 0 amide bonds. The predicted molar refractivity (Wildman–Crippen MR) is 84.7 cm³/mol. The molecule has 3 rings (SSSR count). The van der Waals surface area contributed by atoms with E-state index in [4.69, 9.17) is 4.74 Å². The van der Waals surface area contributed by atoms with Gasteiger partial charge in [0, 0.05) is 6.04 Å². The van der Waals surface area contributed by atoms with Gasteiger partial charge in [-0.05, 0) is 62.8 Å². The smallest absolute Gasteiger partial charge is 0.124 e. The maximum absolute atomic E-state index is 10.3. The van der Waals surface area contributed by atoms with Gasteiger partial charge in [0.25, 0.3) is 0 Å². The largest absolute Gasteiger partial charge is 0.487 e. The van der Waals surface area contributed by atoms with Crippen LogP contribution in [0, 0.1) is 0 Å². The molecule has 0 saturated heterocycles. The van der Waals surface area contributed by atoms with E-state index in [1.807, 2.05) is 7.05 Å². The summed E-state index contributed by atoms with van der Waals surface area (Å²) < 4.78 is 6.26. The maximum Gasteiger partial charge on any atom is 0.124 e. The lowest BCUT2D eigenvalue weighted by Crippen LogP contribution is -2.31. The molecule has 0 bridgehead atoms. The standard InChI is InChI=1S/C18H27NO2/c1-19-15-9-5-8-14-13(15)7-6-12-17(14)21-18-11-4-2-3-10-16(18)20/h6-7,12,15-16,18-20H,2-5,8-11H2,1H3. The molecule has 1 saturated carbocycles. The summed E-state index contributed by atoms with van der Waals surface area (Å²) in [4.78, 5) is 0. The fourth-order valence-corrected chi connectivity index (χ4v) is 3.78. The van der Waals surface area contributed by atoms with Gasteiger partial charge in [0.2, 0.25) is 0 Å². The fourth-order valence-electron chi connectivity index (χ4n) is 3.78. The van der Waals surface area contributed by atoms with Crippen molar-refractivity contribution in [3.63, 3.8) is 0 Å². The van der Waals surface area contributed by atoms with Crippen LogP contribution in [0.25, 0.3) is 0 Å². The molecule has 21 heavy (non-hydrogen) atoms. The van der Waals surface area contributed by atoms with Crippen LogP contribution in [0.15, 0.2) is 18.2 Å². The van der Waals surface area contributed by atoms with Gasteiger partial charge in [0.15, 0.2) is 0 Å². The molecule has 3 atom stereocenters. The molecule has 3 unspecified atom stereocenters. The quantitative estimate of drug-likeness (QED) is 0.838. The van der Waals surface area contributed by atoms with E-state index >= 15 is 0 Å². The van der Waals surface area contributed by atoms with E-state index in [9.17, 15) is 5.11 Å². The molecule has 0 radical (unpaired) electrons. The van der Waals surface area contributed by atoms with Gasteiger partial charge in [0.05, 0.1) is 6.10 Å². The molecule has 0 heterocycles. The number of benzene rings is 1. The minimum atomic E-state index is -0.313. The highest BCUT2D eigenvalue weighted by Gasteiger charge is 2.26. The molecule has 1 fully saturated rings. The van der Waals surface area contributed by atoms with Gasteiger partial charge >= 0.3 is 0 Å². The third kappa shape index (κ3) is 3.24. The average molecular weight is 289 g/mol. The molecule has 116 valence electrons. The lowest BCUT2D eigenvalue weighted by molar-refractivity contribution is 0.0312. The van der Waals surface area contributed by atoms with E-state index in [2.05, 4.69) is 23.5 Å². The van der Waals surface area contributed by atoms with Crippen molar-refractivity contribution < 1.29 is 9.84 Å². The molecule has 3 heteroatoms. The Kier molecular flexibility index (Phi) is 4.81. The number of rotatable bonds is 3. The van der Waals surface area contributed by atoms with Crippen molar-refractivity contribution in [2.75, 3.05) is 7.05 Å². The molecular formula is C18H27NO2. The van der Waals surface area contributed by atoms with E-state index in [-0.39, 0.29) is 12.2 Å². The summed E-state index contributed by atoms with van der Waals surface area (Å²) in [6.45, 7) is 0. The van der Waals surface area contributed by atoms with Gasteiger partial charge in [-0.15, -0.1) is 0 Å². The molecule has 0 aromatic heterocycles. The van der Waals surface area contributed by atoms with E-state index in [1.165, 1.54) is 30.4 Å². The minimum Gasteiger partial charge on any atom is -0.487 e. The number of aliphatic hydroxyl groups is 1. The molecule has 2 aliphatic rings. The molecule has 0 aliphatic heterocycles. The van der Waals surface area contributed by atoms with Crippen molar-refractivity contribution in [3.05, 3.63) is 29.3 Å². The van der Waals surface area contributed by atoms with E-state index in [0.29, 0.717) is 6.04 Å². The Morgan fingerprint density at radius 1 is 1.10 bits per heavy atom. The number of fused-ring (bicyclic) bond motifs is 1. The normalized spacial score (nSPS) is 29.5. The summed E-state index contributed by atoms with van der Waals surface area (Å²) in [6, 6.07) is 6.82. The Morgan fingerprint density at radius 3 is 2.81 bits per heavy atom. The van der Waals surface area contributed by atoms with Crippen LogP contribution < -0.4 is 10.1 Å². The molecule has 2 N–H and O–H groups in total. The van der Waals surface area contributed by atoms with Crippen LogP contribution >= 0.6 is 0 Å². The summed E-state index contributed by atoms with van der Waals surface area (Å²) >= 11 is 0. The van der Waals surface area contributed by atoms with Gasteiger partial charge < -0.3 is 15.2 Å². The van der Waals surface area contributed by atoms with Crippen LogP contribution in [0.4, 0.5) is 0 Å². The van der Waals surface area contributed by atoms with Crippen molar-refractivity contribution >= 4 is 0 Å². The van der Waals surface area contributed by atoms with E-state index < -0.39 is 0 Å². The fraction of sp³-hybridized carbons (Fsp3) is 0.667. The van der Waals surface area contributed by atoms with Crippen molar-refractivity contribution in [1.82, 2.24) is 5.32 Å². The van der Waals surface area contributed by atoms with Crippen molar-refractivity contribution in [2.24, 2.45) is 0 Å². The van der Waals surface area contributed by atoms with Crippen molar-refractivity contribution in [3.8, 4) is 5.75 Å². The van der Waals surface area contributed by atoms with Crippen LogP contribution in [0.5, 0.6) is 5.75 Å². The summed E-state index contributed by atoms with van der Waals surface area (Å²) in [5, 5.41) is 13.7. The summed E-state index contributed by atoms with van der Waals surface area (Å²) in [7, 11) is 2.03. The monoisotopic (exact) mass is 289 g/mol. The maximum atomic E-state index is 10.3.